The van der Waals surface area contributed by atoms with Crippen LogP contribution < -0.4 is 10.9 Å². The SMILES string of the molecule is O=C(Cc1ccccc1)NNC(=O)c1cc(Br)ccc1Cl. The van der Waals surface area contributed by atoms with Crippen molar-refractivity contribution in [1.82, 2.24) is 10.9 Å². The number of nitrogens with one attached hydrogen (secondary N) is 2. The van der Waals surface area contributed by atoms with Gasteiger partial charge in [-0.15, -0.1) is 0 Å². The second-order valence-electron chi connectivity index (χ2n) is 4.29. The van der Waals surface area contributed by atoms with E-state index in [1.807, 2.05) is 30.3 Å². The molecule has 2 N–H and O–H groups in total. The summed E-state index contributed by atoms with van der Waals surface area (Å²) in [5.74, 6) is -0.775. The molecule has 0 radical (unpaired) electrons. The lowest BCUT2D eigenvalue weighted by atomic mass is 10.1. The average Bonchev–Trinajstić information content (AvgIpc) is 2.48. The Morgan fingerprint density at radius 2 is 1.76 bits per heavy atom. The molecule has 2 amide bonds. The van der Waals surface area contributed by atoms with Gasteiger partial charge in [-0.2, -0.15) is 0 Å². The highest BCUT2D eigenvalue weighted by atomic mass is 79.9. The van der Waals surface area contributed by atoms with Gasteiger partial charge in [-0.05, 0) is 23.8 Å². The van der Waals surface area contributed by atoms with Crippen molar-refractivity contribution in [2.75, 3.05) is 0 Å². The lowest BCUT2D eigenvalue weighted by molar-refractivity contribution is -0.121. The van der Waals surface area contributed by atoms with E-state index in [-0.39, 0.29) is 17.9 Å². The normalized spacial score (nSPS) is 10.0. The van der Waals surface area contributed by atoms with Crippen LogP contribution in [0.15, 0.2) is 53.0 Å². The van der Waals surface area contributed by atoms with Crippen molar-refractivity contribution >= 4 is 39.3 Å². The van der Waals surface area contributed by atoms with Crippen LogP contribution in [0.1, 0.15) is 15.9 Å². The third kappa shape index (κ3) is 4.58. The van der Waals surface area contributed by atoms with E-state index in [1.54, 1.807) is 18.2 Å². The Balaban J connectivity index is 1.92. The van der Waals surface area contributed by atoms with Gasteiger partial charge in [0.2, 0.25) is 5.91 Å². The topological polar surface area (TPSA) is 58.2 Å². The van der Waals surface area contributed by atoms with Crippen LogP contribution in [-0.4, -0.2) is 11.8 Å². The second kappa shape index (κ2) is 7.24. The van der Waals surface area contributed by atoms with Gasteiger partial charge in [-0.3, -0.25) is 20.4 Å². The Hall–Kier alpha value is -1.85. The Morgan fingerprint density at radius 3 is 2.48 bits per heavy atom. The predicted molar refractivity (Wildman–Crippen MR) is 84.9 cm³/mol. The average molecular weight is 368 g/mol. The Labute approximate surface area is 135 Å². The molecule has 4 nitrogen and oxygen atoms in total. The molecule has 0 aliphatic heterocycles. The molecule has 0 saturated heterocycles. The summed E-state index contributed by atoms with van der Waals surface area (Å²) in [6.45, 7) is 0. The van der Waals surface area contributed by atoms with Gasteiger partial charge in [0.25, 0.3) is 5.91 Å². The first-order chi connectivity index (χ1) is 10.1. The quantitative estimate of drug-likeness (QED) is 0.819. The molecule has 0 spiro atoms. The van der Waals surface area contributed by atoms with Crippen LogP contribution in [0.5, 0.6) is 0 Å². The van der Waals surface area contributed by atoms with Crippen LogP contribution in [0.3, 0.4) is 0 Å². The van der Waals surface area contributed by atoms with Crippen LogP contribution in [-0.2, 0) is 11.2 Å². The number of amides is 2. The first-order valence-corrected chi connectivity index (χ1v) is 7.31. The molecule has 2 aromatic rings. The molecule has 0 saturated carbocycles. The number of hydrazine groups is 1. The van der Waals surface area contributed by atoms with E-state index in [0.717, 1.165) is 10.0 Å². The van der Waals surface area contributed by atoms with Crippen molar-refractivity contribution in [3.63, 3.8) is 0 Å². The molecular formula is C15H12BrClN2O2. The predicted octanol–water partition coefficient (Wildman–Crippen LogP) is 3.11. The smallest absolute Gasteiger partial charge is 0.271 e. The van der Waals surface area contributed by atoms with Gasteiger partial charge < -0.3 is 0 Å². The van der Waals surface area contributed by atoms with Crippen LogP contribution in [0.4, 0.5) is 0 Å². The van der Waals surface area contributed by atoms with E-state index >= 15 is 0 Å². The second-order valence-corrected chi connectivity index (χ2v) is 5.61. The monoisotopic (exact) mass is 366 g/mol. The number of halogens is 2. The van der Waals surface area contributed by atoms with Crippen molar-refractivity contribution in [1.29, 1.82) is 0 Å². The van der Waals surface area contributed by atoms with Crippen LogP contribution in [0.2, 0.25) is 5.02 Å². The Morgan fingerprint density at radius 1 is 1.05 bits per heavy atom. The summed E-state index contributed by atoms with van der Waals surface area (Å²) in [4.78, 5) is 23.7. The highest BCUT2D eigenvalue weighted by Crippen LogP contribution is 2.20. The molecule has 0 atom stereocenters. The highest BCUT2D eigenvalue weighted by Gasteiger charge is 2.12. The molecule has 0 bridgehead atoms. The summed E-state index contributed by atoms with van der Waals surface area (Å²) >= 11 is 9.20. The lowest BCUT2D eigenvalue weighted by Crippen LogP contribution is -2.42. The molecule has 2 aromatic carbocycles. The minimum Gasteiger partial charge on any atom is -0.273 e. The molecule has 6 heteroatoms. The molecule has 21 heavy (non-hydrogen) atoms. The third-order valence-electron chi connectivity index (χ3n) is 2.70. The maximum absolute atomic E-state index is 11.9. The molecular weight excluding hydrogens is 356 g/mol. The van der Waals surface area contributed by atoms with Gasteiger partial charge >= 0.3 is 0 Å². The van der Waals surface area contributed by atoms with E-state index in [4.69, 9.17) is 11.6 Å². The maximum atomic E-state index is 11.9. The summed E-state index contributed by atoms with van der Waals surface area (Å²) < 4.78 is 0.729. The van der Waals surface area contributed by atoms with Crippen molar-refractivity contribution in [2.45, 2.75) is 6.42 Å². The molecule has 0 unspecified atom stereocenters. The standard InChI is InChI=1S/C15H12BrClN2O2/c16-11-6-7-13(17)12(9-11)15(21)19-18-14(20)8-10-4-2-1-3-5-10/h1-7,9H,8H2,(H,18,20)(H,19,21). The Bertz CT molecular complexity index is 662. The first-order valence-electron chi connectivity index (χ1n) is 6.14. The van der Waals surface area contributed by atoms with Crippen molar-refractivity contribution < 1.29 is 9.59 Å². The summed E-state index contributed by atoms with van der Waals surface area (Å²) in [5.41, 5.74) is 5.86. The van der Waals surface area contributed by atoms with E-state index in [1.165, 1.54) is 0 Å². The largest absolute Gasteiger partial charge is 0.273 e. The fourth-order valence-corrected chi connectivity index (χ4v) is 2.26. The van der Waals surface area contributed by atoms with Crippen molar-refractivity contribution in [3.05, 3.63) is 69.2 Å². The lowest BCUT2D eigenvalue weighted by Gasteiger charge is -2.09. The minimum absolute atomic E-state index is 0.188. The fourth-order valence-electron chi connectivity index (χ4n) is 1.69. The summed E-state index contributed by atoms with van der Waals surface area (Å²) in [6, 6.07) is 14.2. The van der Waals surface area contributed by atoms with Crippen LogP contribution in [0, 0.1) is 0 Å². The molecule has 0 aromatic heterocycles. The number of hydrogen-bond acceptors (Lipinski definition) is 2. The van der Waals surface area contributed by atoms with Crippen LogP contribution >= 0.6 is 27.5 Å². The molecule has 0 aliphatic rings. The van der Waals surface area contributed by atoms with E-state index < -0.39 is 5.91 Å². The van der Waals surface area contributed by atoms with Gasteiger partial charge in [0, 0.05) is 4.47 Å². The minimum atomic E-state index is -0.470. The Kier molecular flexibility index (Phi) is 5.36. The van der Waals surface area contributed by atoms with Gasteiger partial charge in [-0.1, -0.05) is 57.9 Å². The van der Waals surface area contributed by atoms with E-state index in [2.05, 4.69) is 26.8 Å². The van der Waals surface area contributed by atoms with Crippen molar-refractivity contribution in [3.8, 4) is 0 Å². The van der Waals surface area contributed by atoms with E-state index in [0.29, 0.717) is 5.02 Å². The van der Waals surface area contributed by atoms with E-state index in [9.17, 15) is 9.59 Å². The number of benzene rings is 2. The van der Waals surface area contributed by atoms with Gasteiger partial charge in [0.1, 0.15) is 0 Å². The number of carbonyl (C=O) groups excluding carboxylic acids is 2. The molecule has 2 rings (SSSR count). The molecule has 0 aliphatic carbocycles. The number of carbonyl (C=O) groups is 2. The maximum Gasteiger partial charge on any atom is 0.271 e. The molecule has 0 fully saturated rings. The zero-order chi connectivity index (χ0) is 15.2. The molecule has 108 valence electrons. The van der Waals surface area contributed by atoms with Gasteiger partial charge in [0.05, 0.1) is 17.0 Å². The first kappa shape index (κ1) is 15.5. The number of rotatable bonds is 3. The zero-order valence-corrected chi connectivity index (χ0v) is 13.2. The van der Waals surface area contributed by atoms with Gasteiger partial charge in [0.15, 0.2) is 0 Å². The third-order valence-corrected chi connectivity index (χ3v) is 3.52. The van der Waals surface area contributed by atoms with Crippen molar-refractivity contribution in [2.24, 2.45) is 0 Å². The summed E-state index contributed by atoms with van der Waals surface area (Å²) in [6.07, 6.45) is 0.188. The fraction of sp³-hybridized carbons (Fsp3) is 0.0667. The van der Waals surface area contributed by atoms with Gasteiger partial charge in [-0.25, -0.2) is 0 Å². The number of hydrogen-bond donors (Lipinski definition) is 2. The van der Waals surface area contributed by atoms with Crippen LogP contribution in [0.25, 0.3) is 0 Å². The summed E-state index contributed by atoms with van der Waals surface area (Å²) in [5, 5.41) is 0.313. The highest BCUT2D eigenvalue weighted by molar-refractivity contribution is 9.10. The zero-order valence-electron chi connectivity index (χ0n) is 10.9. The molecule has 0 heterocycles. The summed E-state index contributed by atoms with van der Waals surface area (Å²) in [7, 11) is 0.